The quantitative estimate of drug-likeness (QED) is 0.841. The molecular formula is C13H22N4OS. The van der Waals surface area contributed by atoms with Crippen LogP contribution in [0.1, 0.15) is 44.9 Å². The second kappa shape index (κ2) is 6.93. The summed E-state index contributed by atoms with van der Waals surface area (Å²) in [5.41, 5.74) is 0. The number of nitrogens with zero attached hydrogens (tertiary/aromatic N) is 3. The Morgan fingerprint density at radius 3 is 2.79 bits per heavy atom. The molecule has 1 saturated carbocycles. The van der Waals surface area contributed by atoms with Crippen LogP contribution in [0.2, 0.25) is 0 Å². The van der Waals surface area contributed by atoms with Crippen LogP contribution < -0.4 is 5.32 Å². The fourth-order valence-corrected chi connectivity index (χ4v) is 3.34. The van der Waals surface area contributed by atoms with Gasteiger partial charge in [0.05, 0.1) is 5.75 Å². The predicted octanol–water partition coefficient (Wildman–Crippen LogP) is 2.15. The second-order valence-electron chi connectivity index (χ2n) is 4.97. The van der Waals surface area contributed by atoms with Crippen molar-refractivity contribution in [1.29, 1.82) is 0 Å². The van der Waals surface area contributed by atoms with Gasteiger partial charge in [0.25, 0.3) is 0 Å². The fourth-order valence-electron chi connectivity index (χ4n) is 2.48. The maximum Gasteiger partial charge on any atom is 0.230 e. The lowest BCUT2D eigenvalue weighted by Gasteiger charge is -2.22. The van der Waals surface area contributed by atoms with Gasteiger partial charge < -0.3 is 9.88 Å². The lowest BCUT2D eigenvalue weighted by molar-refractivity contribution is -0.119. The molecule has 0 saturated heterocycles. The summed E-state index contributed by atoms with van der Waals surface area (Å²) >= 11 is 1.47. The molecule has 1 aromatic heterocycles. The van der Waals surface area contributed by atoms with Gasteiger partial charge in [-0.1, -0.05) is 31.0 Å². The van der Waals surface area contributed by atoms with Gasteiger partial charge >= 0.3 is 0 Å². The van der Waals surface area contributed by atoms with Gasteiger partial charge in [-0.15, -0.1) is 10.2 Å². The molecule has 1 heterocycles. The Bertz CT molecular complexity index is 426. The highest BCUT2D eigenvalue weighted by atomic mass is 32.2. The number of hydrogen-bond donors (Lipinski definition) is 1. The normalized spacial score (nSPS) is 16.5. The van der Waals surface area contributed by atoms with E-state index in [9.17, 15) is 4.79 Å². The van der Waals surface area contributed by atoms with E-state index >= 15 is 0 Å². The van der Waals surface area contributed by atoms with E-state index in [2.05, 4.69) is 22.4 Å². The van der Waals surface area contributed by atoms with Crippen LogP contribution in [0.15, 0.2) is 5.16 Å². The van der Waals surface area contributed by atoms with Crippen molar-refractivity contribution in [2.75, 3.05) is 5.75 Å². The zero-order valence-electron chi connectivity index (χ0n) is 11.7. The number of amides is 1. The van der Waals surface area contributed by atoms with E-state index in [-0.39, 0.29) is 5.91 Å². The van der Waals surface area contributed by atoms with Crippen molar-refractivity contribution in [3.05, 3.63) is 5.82 Å². The number of aryl methyl sites for hydroxylation is 1. The largest absolute Gasteiger partial charge is 0.353 e. The van der Waals surface area contributed by atoms with E-state index in [0.717, 1.165) is 30.4 Å². The van der Waals surface area contributed by atoms with Gasteiger partial charge in [0.2, 0.25) is 5.91 Å². The Kier molecular flexibility index (Phi) is 5.24. The molecule has 0 spiro atoms. The van der Waals surface area contributed by atoms with Crippen molar-refractivity contribution < 1.29 is 4.79 Å². The van der Waals surface area contributed by atoms with Crippen molar-refractivity contribution in [1.82, 2.24) is 20.1 Å². The number of aromatic nitrogens is 3. The monoisotopic (exact) mass is 282 g/mol. The molecule has 5 nitrogen and oxygen atoms in total. The van der Waals surface area contributed by atoms with E-state index in [1.54, 1.807) is 0 Å². The summed E-state index contributed by atoms with van der Waals surface area (Å²) in [4.78, 5) is 11.9. The second-order valence-corrected chi connectivity index (χ2v) is 5.91. The lowest BCUT2D eigenvalue weighted by Crippen LogP contribution is -2.37. The van der Waals surface area contributed by atoms with Gasteiger partial charge in [0, 0.05) is 12.6 Å². The average Bonchev–Trinajstić information content (AvgIpc) is 2.78. The van der Waals surface area contributed by atoms with Crippen LogP contribution in [0.3, 0.4) is 0 Å². The minimum atomic E-state index is 0.111. The molecule has 0 bridgehead atoms. The molecule has 1 N–H and O–H groups in total. The van der Waals surface area contributed by atoms with Crippen molar-refractivity contribution in [3.8, 4) is 0 Å². The van der Waals surface area contributed by atoms with E-state index in [1.165, 1.54) is 31.0 Å². The molecule has 1 aromatic rings. The van der Waals surface area contributed by atoms with Crippen LogP contribution in [0.5, 0.6) is 0 Å². The summed E-state index contributed by atoms with van der Waals surface area (Å²) in [6.07, 6.45) is 6.03. The van der Waals surface area contributed by atoms with E-state index < -0.39 is 0 Å². The van der Waals surface area contributed by atoms with Gasteiger partial charge in [-0.05, 0) is 26.7 Å². The van der Waals surface area contributed by atoms with Crippen molar-refractivity contribution >= 4 is 17.7 Å². The Balaban J connectivity index is 1.79. The Morgan fingerprint density at radius 1 is 1.37 bits per heavy atom. The molecule has 19 heavy (non-hydrogen) atoms. The molecule has 1 amide bonds. The molecule has 0 aliphatic heterocycles. The van der Waals surface area contributed by atoms with Crippen LogP contribution in [0.25, 0.3) is 0 Å². The number of rotatable bonds is 5. The molecule has 6 heteroatoms. The Morgan fingerprint density at radius 2 is 2.11 bits per heavy atom. The number of hydrogen-bond acceptors (Lipinski definition) is 4. The number of thioether (sulfide) groups is 1. The molecule has 1 aliphatic carbocycles. The smallest absolute Gasteiger partial charge is 0.230 e. The van der Waals surface area contributed by atoms with Crippen LogP contribution in [0, 0.1) is 6.92 Å². The SMILES string of the molecule is CCn1c(C)nnc1SCC(=O)NC1CCCCC1. The first-order chi connectivity index (χ1) is 9.20. The molecule has 0 unspecified atom stereocenters. The molecule has 1 aliphatic rings. The van der Waals surface area contributed by atoms with Crippen LogP contribution >= 0.6 is 11.8 Å². The van der Waals surface area contributed by atoms with Gasteiger partial charge in [-0.3, -0.25) is 4.79 Å². The highest BCUT2D eigenvalue weighted by Gasteiger charge is 2.16. The molecule has 1 fully saturated rings. The molecule has 0 radical (unpaired) electrons. The predicted molar refractivity (Wildman–Crippen MR) is 76.2 cm³/mol. The number of carbonyl (C=O) groups excluding carboxylic acids is 1. The Labute approximate surface area is 118 Å². The van der Waals surface area contributed by atoms with Gasteiger partial charge in [-0.25, -0.2) is 0 Å². The lowest BCUT2D eigenvalue weighted by atomic mass is 9.95. The molecule has 2 rings (SSSR count). The highest BCUT2D eigenvalue weighted by molar-refractivity contribution is 7.99. The van der Waals surface area contributed by atoms with Crippen LogP contribution in [0.4, 0.5) is 0 Å². The van der Waals surface area contributed by atoms with Crippen molar-refractivity contribution in [3.63, 3.8) is 0 Å². The summed E-state index contributed by atoms with van der Waals surface area (Å²) in [7, 11) is 0. The first kappa shape index (κ1) is 14.4. The average molecular weight is 282 g/mol. The summed E-state index contributed by atoms with van der Waals surface area (Å²) < 4.78 is 2.03. The third-order valence-electron chi connectivity index (χ3n) is 3.52. The summed E-state index contributed by atoms with van der Waals surface area (Å²) in [6, 6.07) is 0.382. The standard InChI is InChI=1S/C13H22N4OS/c1-3-17-10(2)15-16-13(17)19-9-12(18)14-11-7-5-4-6-8-11/h11H,3-9H2,1-2H3,(H,14,18). The fraction of sp³-hybridized carbons (Fsp3) is 0.769. The highest BCUT2D eigenvalue weighted by Crippen LogP contribution is 2.19. The van der Waals surface area contributed by atoms with E-state index in [1.807, 2.05) is 11.5 Å². The van der Waals surface area contributed by atoms with Gasteiger partial charge in [0.1, 0.15) is 5.82 Å². The third-order valence-corrected chi connectivity index (χ3v) is 4.49. The minimum absolute atomic E-state index is 0.111. The zero-order chi connectivity index (χ0) is 13.7. The summed E-state index contributed by atoms with van der Waals surface area (Å²) in [6.45, 7) is 4.83. The van der Waals surface area contributed by atoms with Gasteiger partial charge in [-0.2, -0.15) is 0 Å². The van der Waals surface area contributed by atoms with Crippen LogP contribution in [-0.2, 0) is 11.3 Å². The minimum Gasteiger partial charge on any atom is -0.353 e. The molecule has 0 aromatic carbocycles. The van der Waals surface area contributed by atoms with Crippen LogP contribution in [-0.4, -0.2) is 32.5 Å². The van der Waals surface area contributed by atoms with E-state index in [0.29, 0.717) is 11.8 Å². The van der Waals surface area contributed by atoms with Gasteiger partial charge in [0.15, 0.2) is 5.16 Å². The number of carbonyl (C=O) groups is 1. The third kappa shape index (κ3) is 3.96. The van der Waals surface area contributed by atoms with E-state index in [4.69, 9.17) is 0 Å². The molecule has 0 atom stereocenters. The molecular weight excluding hydrogens is 260 g/mol. The number of nitrogens with one attached hydrogen (secondary N) is 1. The maximum atomic E-state index is 11.9. The first-order valence-electron chi connectivity index (χ1n) is 7.02. The zero-order valence-corrected chi connectivity index (χ0v) is 12.5. The van der Waals surface area contributed by atoms with Crippen molar-refractivity contribution in [2.24, 2.45) is 0 Å². The molecule has 106 valence electrons. The Hall–Kier alpha value is -1.04. The summed E-state index contributed by atoms with van der Waals surface area (Å²) in [5, 5.41) is 12.1. The summed E-state index contributed by atoms with van der Waals surface area (Å²) in [5.74, 6) is 1.44. The van der Waals surface area contributed by atoms with Crippen molar-refractivity contribution in [2.45, 2.75) is 63.7 Å². The topological polar surface area (TPSA) is 59.8 Å². The first-order valence-corrected chi connectivity index (χ1v) is 8.01. The maximum absolute atomic E-state index is 11.9.